The van der Waals surface area contributed by atoms with Crippen molar-refractivity contribution >= 4 is 33.5 Å². The van der Waals surface area contributed by atoms with E-state index in [-0.39, 0.29) is 5.43 Å². The van der Waals surface area contributed by atoms with Crippen LogP contribution in [0.1, 0.15) is 0 Å². The zero-order valence-corrected chi connectivity index (χ0v) is 9.25. The van der Waals surface area contributed by atoms with Crippen molar-refractivity contribution in [2.24, 2.45) is 7.05 Å². The number of hydrogen-bond acceptors (Lipinski definition) is 2. The predicted molar refractivity (Wildman–Crippen MR) is 63.9 cm³/mol. The number of aromatic amines is 1. The Morgan fingerprint density at radius 1 is 1.38 bits per heavy atom. The van der Waals surface area contributed by atoms with E-state index in [1.165, 1.54) is 0 Å². The van der Waals surface area contributed by atoms with Crippen LogP contribution in [0.3, 0.4) is 0 Å². The van der Waals surface area contributed by atoms with Crippen molar-refractivity contribution in [1.82, 2.24) is 14.8 Å². The standard InChI is InChI=1S/C11H8ClN3O/c1-15-11-8(5-13-15)10(16)7-4-6(12)2-3-9(7)14-11/h2-5H,1H3,(H,14,16). The van der Waals surface area contributed by atoms with E-state index in [4.69, 9.17) is 11.6 Å². The summed E-state index contributed by atoms with van der Waals surface area (Å²) < 4.78 is 1.64. The number of fused-ring (bicyclic) bond motifs is 2. The van der Waals surface area contributed by atoms with Crippen LogP contribution in [-0.2, 0) is 7.05 Å². The Labute approximate surface area is 95.5 Å². The zero-order valence-electron chi connectivity index (χ0n) is 8.49. The highest BCUT2D eigenvalue weighted by molar-refractivity contribution is 6.31. The zero-order chi connectivity index (χ0) is 11.3. The van der Waals surface area contributed by atoms with Crippen LogP contribution in [0, 0.1) is 0 Å². The van der Waals surface area contributed by atoms with Gasteiger partial charge in [0.2, 0.25) is 5.43 Å². The highest BCUT2D eigenvalue weighted by Gasteiger charge is 2.08. The Hall–Kier alpha value is -1.81. The average molecular weight is 234 g/mol. The van der Waals surface area contributed by atoms with Crippen LogP contribution in [0.4, 0.5) is 0 Å². The van der Waals surface area contributed by atoms with Gasteiger partial charge in [-0.15, -0.1) is 0 Å². The van der Waals surface area contributed by atoms with E-state index in [2.05, 4.69) is 10.1 Å². The van der Waals surface area contributed by atoms with Gasteiger partial charge in [0.15, 0.2) is 0 Å². The molecular weight excluding hydrogens is 226 g/mol. The van der Waals surface area contributed by atoms with Crippen LogP contribution in [0.2, 0.25) is 5.02 Å². The fraction of sp³-hybridized carbons (Fsp3) is 0.0909. The second kappa shape index (κ2) is 3.09. The number of rotatable bonds is 0. The monoisotopic (exact) mass is 233 g/mol. The third kappa shape index (κ3) is 1.17. The van der Waals surface area contributed by atoms with E-state index in [0.29, 0.717) is 15.8 Å². The minimum Gasteiger partial charge on any atom is -0.339 e. The molecule has 0 atom stereocenters. The molecule has 0 saturated heterocycles. The molecule has 80 valence electrons. The molecule has 0 bridgehead atoms. The summed E-state index contributed by atoms with van der Waals surface area (Å²) in [7, 11) is 1.79. The number of aromatic nitrogens is 3. The summed E-state index contributed by atoms with van der Waals surface area (Å²) in [6.45, 7) is 0. The normalized spacial score (nSPS) is 11.4. The summed E-state index contributed by atoms with van der Waals surface area (Å²) in [5.41, 5.74) is 1.45. The highest BCUT2D eigenvalue weighted by atomic mass is 35.5. The van der Waals surface area contributed by atoms with Gasteiger partial charge in [-0.05, 0) is 18.2 Å². The second-order valence-corrected chi connectivity index (χ2v) is 4.11. The number of hydrogen-bond donors (Lipinski definition) is 1. The van der Waals surface area contributed by atoms with Crippen LogP contribution < -0.4 is 5.43 Å². The second-order valence-electron chi connectivity index (χ2n) is 3.67. The molecule has 0 aliphatic rings. The van der Waals surface area contributed by atoms with Crippen molar-refractivity contribution in [2.75, 3.05) is 0 Å². The minimum absolute atomic E-state index is 0.0423. The van der Waals surface area contributed by atoms with E-state index in [1.807, 2.05) is 0 Å². The lowest BCUT2D eigenvalue weighted by Crippen LogP contribution is -2.04. The van der Waals surface area contributed by atoms with E-state index < -0.39 is 0 Å². The Balaban J connectivity index is 2.63. The molecule has 4 nitrogen and oxygen atoms in total. The van der Waals surface area contributed by atoms with E-state index in [0.717, 1.165) is 11.2 Å². The first kappa shape index (κ1) is 9.42. The molecule has 0 aliphatic heterocycles. The fourth-order valence-corrected chi connectivity index (χ4v) is 2.01. The molecule has 1 N–H and O–H groups in total. The summed E-state index contributed by atoms with van der Waals surface area (Å²) in [6, 6.07) is 5.22. The van der Waals surface area contributed by atoms with Crippen molar-refractivity contribution in [1.29, 1.82) is 0 Å². The van der Waals surface area contributed by atoms with Crippen LogP contribution in [0.15, 0.2) is 29.2 Å². The number of H-pyrrole nitrogens is 1. The molecule has 0 saturated carbocycles. The van der Waals surface area contributed by atoms with Gasteiger partial charge in [-0.2, -0.15) is 5.10 Å². The van der Waals surface area contributed by atoms with Gasteiger partial charge < -0.3 is 4.98 Å². The molecule has 0 aliphatic carbocycles. The molecule has 0 spiro atoms. The van der Waals surface area contributed by atoms with Crippen molar-refractivity contribution in [3.63, 3.8) is 0 Å². The number of halogens is 1. The SMILES string of the molecule is Cn1ncc2c(=O)c3cc(Cl)ccc3[nH]c21. The van der Waals surface area contributed by atoms with Crippen LogP contribution in [0.5, 0.6) is 0 Å². The molecular formula is C11H8ClN3O. The Morgan fingerprint density at radius 2 is 2.19 bits per heavy atom. The topological polar surface area (TPSA) is 50.7 Å². The molecule has 2 aromatic heterocycles. The number of nitrogens with one attached hydrogen (secondary N) is 1. The van der Waals surface area contributed by atoms with Crippen LogP contribution in [-0.4, -0.2) is 14.8 Å². The molecule has 3 aromatic rings. The predicted octanol–water partition coefficient (Wildman–Crippen LogP) is 2.07. The van der Waals surface area contributed by atoms with Crippen molar-refractivity contribution in [3.05, 3.63) is 39.6 Å². The quantitative estimate of drug-likeness (QED) is 0.646. The van der Waals surface area contributed by atoms with Gasteiger partial charge in [-0.3, -0.25) is 9.48 Å². The summed E-state index contributed by atoms with van der Waals surface area (Å²) in [5.74, 6) is 0. The lowest BCUT2D eigenvalue weighted by molar-refractivity contribution is 0.788. The lowest BCUT2D eigenvalue weighted by atomic mass is 10.2. The molecule has 0 fully saturated rings. The van der Waals surface area contributed by atoms with E-state index in [1.54, 1.807) is 36.1 Å². The van der Waals surface area contributed by atoms with Crippen molar-refractivity contribution in [3.8, 4) is 0 Å². The largest absolute Gasteiger partial charge is 0.339 e. The first-order valence-electron chi connectivity index (χ1n) is 4.80. The Morgan fingerprint density at radius 3 is 3.00 bits per heavy atom. The van der Waals surface area contributed by atoms with Gasteiger partial charge in [0.05, 0.1) is 17.1 Å². The van der Waals surface area contributed by atoms with Gasteiger partial charge in [0.1, 0.15) is 5.65 Å². The summed E-state index contributed by atoms with van der Waals surface area (Å²) >= 11 is 5.87. The van der Waals surface area contributed by atoms with E-state index in [9.17, 15) is 4.79 Å². The summed E-state index contributed by atoms with van der Waals surface area (Å²) in [4.78, 5) is 15.3. The molecule has 2 heterocycles. The minimum atomic E-state index is -0.0423. The number of benzene rings is 1. The van der Waals surface area contributed by atoms with Crippen molar-refractivity contribution in [2.45, 2.75) is 0 Å². The fourth-order valence-electron chi connectivity index (χ4n) is 1.84. The van der Waals surface area contributed by atoms with E-state index >= 15 is 0 Å². The van der Waals surface area contributed by atoms with Crippen LogP contribution in [0.25, 0.3) is 21.9 Å². The molecule has 16 heavy (non-hydrogen) atoms. The van der Waals surface area contributed by atoms with Crippen molar-refractivity contribution < 1.29 is 0 Å². The maximum Gasteiger partial charge on any atom is 0.200 e. The number of nitrogens with zero attached hydrogens (tertiary/aromatic N) is 2. The third-order valence-electron chi connectivity index (χ3n) is 2.66. The number of aryl methyl sites for hydroxylation is 1. The Kier molecular flexibility index (Phi) is 1.82. The maximum absolute atomic E-state index is 12.1. The summed E-state index contributed by atoms with van der Waals surface area (Å²) in [5, 5.41) is 5.78. The molecule has 0 unspecified atom stereocenters. The van der Waals surface area contributed by atoms with Gasteiger partial charge in [-0.25, -0.2) is 0 Å². The first-order valence-corrected chi connectivity index (χ1v) is 5.18. The van der Waals surface area contributed by atoms with Gasteiger partial charge in [-0.1, -0.05) is 11.6 Å². The van der Waals surface area contributed by atoms with Crippen LogP contribution >= 0.6 is 11.6 Å². The molecule has 0 radical (unpaired) electrons. The number of pyridine rings is 1. The molecule has 3 rings (SSSR count). The Bertz CT molecular complexity index is 757. The van der Waals surface area contributed by atoms with Gasteiger partial charge >= 0.3 is 0 Å². The molecule has 0 amide bonds. The first-order chi connectivity index (χ1) is 7.66. The average Bonchev–Trinajstić information content (AvgIpc) is 2.63. The third-order valence-corrected chi connectivity index (χ3v) is 2.90. The highest BCUT2D eigenvalue weighted by Crippen LogP contribution is 2.17. The molecule has 1 aromatic carbocycles. The molecule has 5 heteroatoms. The summed E-state index contributed by atoms with van der Waals surface area (Å²) in [6.07, 6.45) is 1.56. The lowest BCUT2D eigenvalue weighted by Gasteiger charge is -2.00. The smallest absolute Gasteiger partial charge is 0.200 e. The van der Waals surface area contributed by atoms with Gasteiger partial charge in [0.25, 0.3) is 0 Å². The van der Waals surface area contributed by atoms with Gasteiger partial charge in [0, 0.05) is 17.5 Å². The maximum atomic E-state index is 12.1.